The second-order valence-corrected chi connectivity index (χ2v) is 6.41. The van der Waals surface area contributed by atoms with Crippen molar-refractivity contribution in [2.45, 2.75) is 44.6 Å². The van der Waals surface area contributed by atoms with Crippen LogP contribution in [0.25, 0.3) is 0 Å². The van der Waals surface area contributed by atoms with Crippen molar-refractivity contribution in [2.24, 2.45) is 0 Å². The number of hydrogen-bond acceptors (Lipinski definition) is 4. The molecule has 0 atom stereocenters. The number of aromatic nitrogens is 3. The molecule has 1 aliphatic heterocycles. The summed E-state index contributed by atoms with van der Waals surface area (Å²) in [5.74, 6) is 0.424. The highest BCUT2D eigenvalue weighted by Gasteiger charge is 2.20. The molecule has 2 heterocycles. The fourth-order valence-electron chi connectivity index (χ4n) is 3.28. The Morgan fingerprint density at radius 2 is 1.95 bits per heavy atom. The van der Waals surface area contributed by atoms with E-state index < -0.39 is 0 Å². The molecule has 1 saturated carbocycles. The lowest BCUT2D eigenvalue weighted by Crippen LogP contribution is -2.37. The summed E-state index contributed by atoms with van der Waals surface area (Å²) in [4.78, 5) is 20.7. The maximum atomic E-state index is 12.3. The number of rotatable bonds is 2. The Kier molecular flexibility index (Phi) is 4.92. The first-order valence-corrected chi connectivity index (χ1v) is 8.38. The molecular weight excluding hydrogens is 280 g/mol. The quantitative estimate of drug-likeness (QED) is 0.907. The largest absolute Gasteiger partial charge is 0.324 e. The number of nitrogens with one attached hydrogen (secondary N) is 1. The topological polar surface area (TPSA) is 66.3 Å². The van der Waals surface area contributed by atoms with Gasteiger partial charge in [0.15, 0.2) is 0 Å². The average molecular weight is 306 g/mol. The van der Waals surface area contributed by atoms with Crippen LogP contribution in [0.5, 0.6) is 0 Å². The summed E-state index contributed by atoms with van der Waals surface area (Å²) in [6.07, 6.45) is 8.92. The molecule has 22 heavy (non-hydrogen) atoms. The first-order valence-electron chi connectivity index (χ1n) is 8.38. The van der Waals surface area contributed by atoms with Crippen molar-refractivity contribution in [2.75, 3.05) is 38.5 Å². The molecule has 3 rings (SSSR count). The normalized spacial score (nSPS) is 21.6. The van der Waals surface area contributed by atoms with Crippen molar-refractivity contribution < 1.29 is 4.79 Å². The van der Waals surface area contributed by atoms with Gasteiger partial charge in [0.1, 0.15) is 6.33 Å². The molecule has 1 N–H and O–H groups in total. The molecule has 0 spiro atoms. The van der Waals surface area contributed by atoms with Gasteiger partial charge in [0.25, 0.3) is 0 Å². The fourth-order valence-corrected chi connectivity index (χ4v) is 3.28. The number of urea groups is 1. The van der Waals surface area contributed by atoms with Crippen molar-refractivity contribution in [3.05, 3.63) is 6.33 Å². The van der Waals surface area contributed by atoms with Crippen molar-refractivity contribution >= 4 is 12.0 Å². The van der Waals surface area contributed by atoms with E-state index in [-0.39, 0.29) is 6.03 Å². The number of carbonyl (C=O) groups excluding carboxylic acids is 1. The lowest BCUT2D eigenvalue weighted by atomic mass is 9.96. The molecule has 7 nitrogen and oxygen atoms in total. The number of carbonyl (C=O) groups is 1. The van der Waals surface area contributed by atoms with E-state index in [9.17, 15) is 4.79 Å². The Labute approximate surface area is 131 Å². The summed E-state index contributed by atoms with van der Waals surface area (Å²) < 4.78 is 1.92. The van der Waals surface area contributed by atoms with E-state index in [4.69, 9.17) is 0 Å². The van der Waals surface area contributed by atoms with Gasteiger partial charge in [-0.1, -0.05) is 19.3 Å². The van der Waals surface area contributed by atoms with Gasteiger partial charge < -0.3 is 9.80 Å². The lowest BCUT2D eigenvalue weighted by Gasteiger charge is -2.21. The third-order valence-corrected chi connectivity index (χ3v) is 4.68. The van der Waals surface area contributed by atoms with Crippen LogP contribution >= 0.6 is 0 Å². The van der Waals surface area contributed by atoms with E-state index in [2.05, 4.69) is 27.3 Å². The Morgan fingerprint density at radius 3 is 2.77 bits per heavy atom. The summed E-state index contributed by atoms with van der Waals surface area (Å²) in [5, 5.41) is 7.28. The predicted molar refractivity (Wildman–Crippen MR) is 84.8 cm³/mol. The van der Waals surface area contributed by atoms with Crippen LogP contribution in [0.3, 0.4) is 0 Å². The van der Waals surface area contributed by atoms with E-state index in [0.29, 0.717) is 12.0 Å². The van der Waals surface area contributed by atoms with Gasteiger partial charge in [0.2, 0.25) is 5.95 Å². The minimum Gasteiger partial charge on any atom is -0.323 e. The number of nitrogens with zero attached hydrogens (tertiary/aromatic N) is 5. The summed E-state index contributed by atoms with van der Waals surface area (Å²) in [6.45, 7) is 3.50. The maximum Gasteiger partial charge on any atom is 0.324 e. The SMILES string of the molecule is CN1CCCN(C(=O)Nc2ncn(C3CCCCC3)n2)CC1. The Bertz CT molecular complexity index is 496. The molecule has 0 radical (unpaired) electrons. The van der Waals surface area contributed by atoms with Crippen molar-refractivity contribution in [1.82, 2.24) is 24.6 Å². The van der Waals surface area contributed by atoms with Gasteiger partial charge in [-0.25, -0.2) is 14.5 Å². The average Bonchev–Trinajstić information content (AvgIpc) is 2.88. The summed E-state index contributed by atoms with van der Waals surface area (Å²) in [5.41, 5.74) is 0. The van der Waals surface area contributed by atoms with Crippen molar-refractivity contribution in [1.29, 1.82) is 0 Å². The maximum absolute atomic E-state index is 12.3. The van der Waals surface area contributed by atoms with Crippen molar-refractivity contribution in [3.8, 4) is 0 Å². The number of amides is 2. The monoisotopic (exact) mass is 306 g/mol. The van der Waals surface area contributed by atoms with Gasteiger partial charge in [-0.05, 0) is 32.9 Å². The highest BCUT2D eigenvalue weighted by Crippen LogP contribution is 2.27. The molecule has 1 saturated heterocycles. The Balaban J connectivity index is 1.56. The zero-order valence-corrected chi connectivity index (χ0v) is 13.4. The van der Waals surface area contributed by atoms with E-state index in [1.807, 2.05) is 9.58 Å². The molecule has 2 amide bonds. The molecule has 1 aromatic rings. The zero-order valence-electron chi connectivity index (χ0n) is 13.4. The molecular formula is C15H26N6O. The second kappa shape index (κ2) is 7.09. The highest BCUT2D eigenvalue weighted by molar-refractivity contribution is 5.87. The fraction of sp³-hybridized carbons (Fsp3) is 0.800. The Morgan fingerprint density at radius 1 is 1.14 bits per heavy atom. The first kappa shape index (κ1) is 15.3. The molecule has 2 aliphatic rings. The molecule has 7 heteroatoms. The predicted octanol–water partition coefficient (Wildman–Crippen LogP) is 1.95. The number of hydrogen-bond donors (Lipinski definition) is 1. The van der Waals surface area contributed by atoms with Crippen LogP contribution < -0.4 is 5.32 Å². The Hall–Kier alpha value is -1.63. The third kappa shape index (κ3) is 3.76. The van der Waals surface area contributed by atoms with Crippen LogP contribution in [0.1, 0.15) is 44.6 Å². The minimum atomic E-state index is -0.0864. The zero-order chi connectivity index (χ0) is 15.4. The molecule has 122 valence electrons. The number of anilines is 1. The van der Waals surface area contributed by atoms with E-state index in [0.717, 1.165) is 45.4 Å². The van der Waals surface area contributed by atoms with Crippen LogP contribution in [0.2, 0.25) is 0 Å². The lowest BCUT2D eigenvalue weighted by molar-refractivity contribution is 0.213. The van der Waals surface area contributed by atoms with Gasteiger partial charge in [-0.3, -0.25) is 5.32 Å². The second-order valence-electron chi connectivity index (χ2n) is 6.41. The van der Waals surface area contributed by atoms with Gasteiger partial charge in [-0.2, -0.15) is 0 Å². The van der Waals surface area contributed by atoms with Gasteiger partial charge in [0.05, 0.1) is 6.04 Å². The number of likely N-dealkylation sites (N-methyl/N-ethyl adjacent to an activating group) is 1. The molecule has 0 bridgehead atoms. The molecule has 2 fully saturated rings. The summed E-state index contributed by atoms with van der Waals surface area (Å²) in [7, 11) is 2.09. The van der Waals surface area contributed by atoms with Crippen LogP contribution in [0.15, 0.2) is 6.33 Å². The van der Waals surface area contributed by atoms with Gasteiger partial charge in [0, 0.05) is 19.6 Å². The van der Waals surface area contributed by atoms with Crippen LogP contribution in [-0.4, -0.2) is 63.8 Å². The van der Waals surface area contributed by atoms with E-state index in [1.165, 1.54) is 19.3 Å². The molecule has 1 aliphatic carbocycles. The highest BCUT2D eigenvalue weighted by atomic mass is 16.2. The van der Waals surface area contributed by atoms with Crippen LogP contribution in [0, 0.1) is 0 Å². The smallest absolute Gasteiger partial charge is 0.323 e. The van der Waals surface area contributed by atoms with Crippen LogP contribution in [0.4, 0.5) is 10.7 Å². The minimum absolute atomic E-state index is 0.0864. The molecule has 1 aromatic heterocycles. The van der Waals surface area contributed by atoms with E-state index in [1.54, 1.807) is 6.33 Å². The van der Waals surface area contributed by atoms with Gasteiger partial charge in [-0.15, -0.1) is 5.10 Å². The van der Waals surface area contributed by atoms with E-state index >= 15 is 0 Å². The van der Waals surface area contributed by atoms with Crippen LogP contribution in [-0.2, 0) is 0 Å². The van der Waals surface area contributed by atoms with Crippen molar-refractivity contribution in [3.63, 3.8) is 0 Å². The third-order valence-electron chi connectivity index (χ3n) is 4.68. The molecule has 0 unspecified atom stereocenters. The van der Waals surface area contributed by atoms with Gasteiger partial charge >= 0.3 is 6.03 Å². The summed E-state index contributed by atoms with van der Waals surface area (Å²) in [6, 6.07) is 0.357. The standard InChI is InChI=1S/C15H26N6O/c1-19-8-5-9-20(11-10-19)15(22)17-14-16-12-21(18-14)13-6-3-2-4-7-13/h12-13H,2-11H2,1H3,(H,17,18,22). The summed E-state index contributed by atoms with van der Waals surface area (Å²) >= 11 is 0. The molecule has 0 aromatic carbocycles. The first-order chi connectivity index (χ1) is 10.7.